The van der Waals surface area contributed by atoms with E-state index in [1.807, 2.05) is 70.2 Å². The lowest BCUT2D eigenvalue weighted by molar-refractivity contribution is 0.101. The molecule has 0 N–H and O–H groups in total. The maximum absolute atomic E-state index is 11.4. The summed E-state index contributed by atoms with van der Waals surface area (Å²) in [4.78, 5) is 15.8. The van der Waals surface area contributed by atoms with Gasteiger partial charge < -0.3 is 0 Å². The molecule has 0 fully saturated rings. The van der Waals surface area contributed by atoms with Gasteiger partial charge in [0.2, 0.25) is 0 Å². The summed E-state index contributed by atoms with van der Waals surface area (Å²) in [6.45, 7) is 9.38. The van der Waals surface area contributed by atoms with Gasteiger partial charge in [-0.05, 0) is 52.3 Å². The third kappa shape index (κ3) is 6.76. The van der Waals surface area contributed by atoms with Gasteiger partial charge >= 0.3 is 0 Å². The molecule has 0 spiro atoms. The third-order valence-corrected chi connectivity index (χ3v) is 3.14. The smallest absolute Gasteiger partial charge is 0.159 e. The molecule has 0 unspecified atom stereocenters. The van der Waals surface area contributed by atoms with Crippen molar-refractivity contribution in [3.05, 3.63) is 71.0 Å². The average Bonchev–Trinajstić information content (AvgIpc) is 2.52. The van der Waals surface area contributed by atoms with Crippen molar-refractivity contribution in [2.45, 2.75) is 34.6 Å². The second-order valence-electron chi connectivity index (χ2n) is 5.30. The van der Waals surface area contributed by atoms with Crippen LogP contribution in [0.3, 0.4) is 0 Å². The molecule has 1 aromatic carbocycles. The summed E-state index contributed by atoms with van der Waals surface area (Å²) >= 11 is 0. The number of carbonyl (C=O) groups is 1. The van der Waals surface area contributed by atoms with Crippen molar-refractivity contribution in [3.63, 3.8) is 0 Å². The van der Waals surface area contributed by atoms with E-state index >= 15 is 0 Å². The van der Waals surface area contributed by atoms with Gasteiger partial charge in [0.05, 0.1) is 0 Å². The zero-order chi connectivity index (χ0) is 17.2. The average molecular weight is 305 g/mol. The Balaban J connectivity index is 2.94. The number of hydrogen-bond donors (Lipinski definition) is 0. The van der Waals surface area contributed by atoms with Gasteiger partial charge in [-0.15, -0.1) is 0 Å². The van der Waals surface area contributed by atoms with Crippen LogP contribution in [0.2, 0.25) is 0 Å². The predicted octanol–water partition coefficient (Wildman–Crippen LogP) is 5.05. The number of nitrogens with zero attached hydrogens (tertiary/aromatic N) is 1. The van der Waals surface area contributed by atoms with E-state index in [9.17, 15) is 4.79 Å². The van der Waals surface area contributed by atoms with Crippen molar-refractivity contribution < 1.29 is 4.79 Å². The van der Waals surface area contributed by atoms with Gasteiger partial charge in [0.25, 0.3) is 0 Å². The number of ketones is 1. The van der Waals surface area contributed by atoms with Crippen LogP contribution in [-0.2, 0) is 0 Å². The van der Waals surface area contributed by atoms with Crippen molar-refractivity contribution in [1.29, 1.82) is 0 Å². The number of aliphatic imine (C=N–C) groups is 1. The van der Waals surface area contributed by atoms with Crippen LogP contribution < -0.4 is 0 Å². The summed E-state index contributed by atoms with van der Waals surface area (Å²) in [5.74, 6) is 6.25. The van der Waals surface area contributed by atoms with Gasteiger partial charge in [0, 0.05) is 28.6 Å². The van der Waals surface area contributed by atoms with Crippen LogP contribution >= 0.6 is 0 Å². The fourth-order valence-corrected chi connectivity index (χ4v) is 1.72. The highest BCUT2D eigenvalue weighted by atomic mass is 16.1. The predicted molar refractivity (Wildman–Crippen MR) is 98.9 cm³/mol. The minimum Gasteiger partial charge on any atom is -0.295 e. The first-order valence-electron chi connectivity index (χ1n) is 7.58. The molecule has 0 saturated heterocycles. The van der Waals surface area contributed by atoms with Crippen LogP contribution in [0.25, 0.3) is 0 Å². The van der Waals surface area contributed by atoms with Crippen LogP contribution in [0.1, 0.15) is 49.2 Å². The molecular weight excluding hydrogens is 282 g/mol. The van der Waals surface area contributed by atoms with Gasteiger partial charge in [-0.2, -0.15) is 0 Å². The van der Waals surface area contributed by atoms with E-state index in [1.54, 1.807) is 13.1 Å². The number of carbonyl (C=O) groups excluding carboxylic acids is 1. The first kappa shape index (κ1) is 18.4. The molecule has 0 aliphatic carbocycles. The molecule has 0 aliphatic heterocycles. The minimum absolute atomic E-state index is 0.0495. The molecule has 0 amide bonds. The molecule has 2 heteroatoms. The van der Waals surface area contributed by atoms with Gasteiger partial charge in [-0.25, -0.2) is 0 Å². The van der Waals surface area contributed by atoms with E-state index in [4.69, 9.17) is 0 Å². The summed E-state index contributed by atoms with van der Waals surface area (Å²) in [5, 5.41) is 0. The number of allylic oxidation sites excluding steroid dienone is 5. The second-order valence-corrected chi connectivity index (χ2v) is 5.30. The summed E-state index contributed by atoms with van der Waals surface area (Å²) in [6, 6.07) is 5.59. The summed E-state index contributed by atoms with van der Waals surface area (Å²) < 4.78 is 0. The van der Waals surface area contributed by atoms with E-state index in [0.717, 1.165) is 22.4 Å². The normalized spacial score (nSPS) is 12.6. The molecule has 23 heavy (non-hydrogen) atoms. The molecule has 0 saturated carbocycles. The number of hydrogen-bond acceptors (Lipinski definition) is 2. The largest absolute Gasteiger partial charge is 0.295 e. The van der Waals surface area contributed by atoms with Crippen LogP contribution in [0.15, 0.2) is 59.3 Å². The van der Waals surface area contributed by atoms with E-state index in [1.165, 1.54) is 0 Å². The van der Waals surface area contributed by atoms with Crippen molar-refractivity contribution >= 4 is 11.5 Å². The Morgan fingerprint density at radius 1 is 1.17 bits per heavy atom. The summed E-state index contributed by atoms with van der Waals surface area (Å²) in [6.07, 6.45) is 9.57. The molecule has 0 aliphatic rings. The quantitative estimate of drug-likeness (QED) is 0.331. The molecule has 0 heterocycles. The molecule has 0 aromatic heterocycles. The Morgan fingerprint density at radius 2 is 1.91 bits per heavy atom. The van der Waals surface area contributed by atoms with Gasteiger partial charge in [-0.1, -0.05) is 42.2 Å². The number of benzene rings is 1. The van der Waals surface area contributed by atoms with Crippen molar-refractivity contribution in [1.82, 2.24) is 0 Å². The van der Waals surface area contributed by atoms with E-state index in [2.05, 4.69) is 16.8 Å². The molecule has 1 rings (SSSR count). The Bertz CT molecular complexity index is 750. The summed E-state index contributed by atoms with van der Waals surface area (Å²) in [7, 11) is 0. The molecule has 118 valence electrons. The molecule has 0 radical (unpaired) electrons. The number of rotatable bonds is 4. The summed E-state index contributed by atoms with van der Waals surface area (Å²) in [5.41, 5.74) is 4.41. The number of aryl methyl sites for hydroxylation is 1. The SMILES string of the molecule is C\C=C/C=C\C(C)=N\C=C(/C)C#Cc1cc(C(C)=O)ccc1C. The van der Waals surface area contributed by atoms with E-state index < -0.39 is 0 Å². The van der Waals surface area contributed by atoms with E-state index in [0.29, 0.717) is 5.56 Å². The van der Waals surface area contributed by atoms with Crippen LogP contribution in [-0.4, -0.2) is 11.5 Å². The Labute approximate surface area is 139 Å². The maximum atomic E-state index is 11.4. The first-order chi connectivity index (χ1) is 10.9. The molecule has 0 atom stereocenters. The fourth-order valence-electron chi connectivity index (χ4n) is 1.72. The highest BCUT2D eigenvalue weighted by Crippen LogP contribution is 2.11. The van der Waals surface area contributed by atoms with Crippen molar-refractivity contribution in [2.75, 3.05) is 0 Å². The molecular formula is C21H23NO. The van der Waals surface area contributed by atoms with Gasteiger partial charge in [0.15, 0.2) is 5.78 Å². The first-order valence-corrected chi connectivity index (χ1v) is 7.58. The van der Waals surface area contributed by atoms with Gasteiger partial charge in [-0.3, -0.25) is 9.79 Å². The number of Topliss-reactive ketones (excluding diaryl/α,β-unsaturated/α-hetero) is 1. The topological polar surface area (TPSA) is 29.4 Å². The lowest BCUT2D eigenvalue weighted by Crippen LogP contribution is -1.94. The van der Waals surface area contributed by atoms with Crippen LogP contribution in [0.4, 0.5) is 0 Å². The highest BCUT2D eigenvalue weighted by molar-refractivity contribution is 5.94. The van der Waals surface area contributed by atoms with Crippen LogP contribution in [0, 0.1) is 18.8 Å². The second kappa shape index (κ2) is 9.38. The van der Waals surface area contributed by atoms with E-state index in [-0.39, 0.29) is 5.78 Å². The molecule has 1 aromatic rings. The standard InChI is InChI=1S/C21H23NO/c1-6-7-8-9-18(4)22-15-16(2)10-12-20-14-21(19(5)23)13-11-17(20)3/h6-9,11,13-15H,1-5H3/b7-6-,9-8-,16-15+,22-18+. The Kier molecular flexibility index (Phi) is 7.50. The fraction of sp³-hybridized carbons (Fsp3) is 0.238. The van der Waals surface area contributed by atoms with Gasteiger partial charge in [0.1, 0.15) is 0 Å². The van der Waals surface area contributed by atoms with Crippen LogP contribution in [0.5, 0.6) is 0 Å². The minimum atomic E-state index is 0.0495. The molecule has 2 nitrogen and oxygen atoms in total. The Morgan fingerprint density at radius 3 is 2.57 bits per heavy atom. The third-order valence-electron chi connectivity index (χ3n) is 3.14. The lowest BCUT2D eigenvalue weighted by Gasteiger charge is -2.00. The Hall–Kier alpha value is -2.66. The van der Waals surface area contributed by atoms with Crippen molar-refractivity contribution in [3.8, 4) is 11.8 Å². The maximum Gasteiger partial charge on any atom is 0.159 e. The highest BCUT2D eigenvalue weighted by Gasteiger charge is 2.01. The van der Waals surface area contributed by atoms with Crippen molar-refractivity contribution in [2.24, 2.45) is 4.99 Å². The molecule has 0 bridgehead atoms. The zero-order valence-corrected chi connectivity index (χ0v) is 14.5. The lowest BCUT2D eigenvalue weighted by atomic mass is 10.0. The monoisotopic (exact) mass is 305 g/mol. The zero-order valence-electron chi connectivity index (χ0n) is 14.5.